The third kappa shape index (κ3) is 2.79. The Kier molecular flexibility index (Phi) is 4.54. The van der Waals surface area contributed by atoms with Crippen LogP contribution in [-0.4, -0.2) is 46.3 Å². The molecule has 17 heavy (non-hydrogen) atoms. The zero-order valence-corrected chi connectivity index (χ0v) is 11.3. The second-order valence-corrected chi connectivity index (χ2v) is 4.37. The van der Waals surface area contributed by atoms with Crippen LogP contribution in [0.2, 0.25) is 0 Å². The van der Waals surface area contributed by atoms with Crippen molar-refractivity contribution in [1.82, 2.24) is 20.0 Å². The lowest BCUT2D eigenvalue weighted by Gasteiger charge is -2.31. The number of piperazine rings is 1. The first-order valence-corrected chi connectivity index (χ1v) is 5.61. The van der Waals surface area contributed by atoms with Crippen molar-refractivity contribution < 1.29 is 4.79 Å². The lowest BCUT2D eigenvalue weighted by Crippen LogP contribution is -2.51. The topological polar surface area (TPSA) is 50.2 Å². The van der Waals surface area contributed by atoms with E-state index < -0.39 is 0 Å². The summed E-state index contributed by atoms with van der Waals surface area (Å²) in [5.74, 6) is 0.0963. The second-order valence-electron chi connectivity index (χ2n) is 4.37. The summed E-state index contributed by atoms with van der Waals surface area (Å²) in [6.07, 6.45) is 1.66. The van der Waals surface area contributed by atoms with E-state index in [0.717, 1.165) is 30.9 Å². The van der Waals surface area contributed by atoms with Gasteiger partial charge in [0.05, 0.1) is 11.8 Å². The van der Waals surface area contributed by atoms with E-state index in [-0.39, 0.29) is 18.3 Å². The van der Waals surface area contributed by atoms with Crippen molar-refractivity contribution in [3.8, 4) is 0 Å². The number of hydrogen-bond donors (Lipinski definition) is 1. The number of carbonyl (C=O) groups is 1. The number of hydrogen-bond acceptors (Lipinski definition) is 3. The Morgan fingerprint density at radius 2 is 2.29 bits per heavy atom. The summed E-state index contributed by atoms with van der Waals surface area (Å²) < 4.78 is 1.73. The van der Waals surface area contributed by atoms with Crippen molar-refractivity contribution >= 4 is 18.3 Å². The third-order valence-electron chi connectivity index (χ3n) is 3.12. The Morgan fingerprint density at radius 1 is 1.59 bits per heavy atom. The van der Waals surface area contributed by atoms with Crippen LogP contribution in [0.3, 0.4) is 0 Å². The molecule has 1 aliphatic heterocycles. The van der Waals surface area contributed by atoms with Crippen LogP contribution < -0.4 is 5.32 Å². The van der Waals surface area contributed by atoms with E-state index in [1.165, 1.54) is 0 Å². The Labute approximate surface area is 108 Å². The van der Waals surface area contributed by atoms with Gasteiger partial charge in [0.25, 0.3) is 5.91 Å². The first-order chi connectivity index (χ1) is 7.59. The molecule has 0 radical (unpaired) electrons. The molecule has 0 aliphatic carbocycles. The molecule has 1 aromatic heterocycles. The number of rotatable bonds is 1. The standard InChI is InChI=1S/C11H18N4O.ClH/c1-8-7-15(5-4-12-8)11(16)10-6-13-14(3)9(10)2;/h6,8,12H,4-5,7H2,1-3H3;1H/t8-;/m1./s1. The molecule has 0 saturated carbocycles. The number of carbonyl (C=O) groups excluding carboxylic acids is 1. The molecule has 1 aromatic rings. The van der Waals surface area contributed by atoms with Crippen molar-refractivity contribution in [3.63, 3.8) is 0 Å². The predicted molar refractivity (Wildman–Crippen MR) is 68.6 cm³/mol. The normalized spacial score (nSPS) is 19.9. The number of nitrogens with one attached hydrogen (secondary N) is 1. The van der Waals surface area contributed by atoms with Crippen LogP contribution in [0.4, 0.5) is 0 Å². The van der Waals surface area contributed by atoms with Gasteiger partial charge in [-0.05, 0) is 13.8 Å². The fourth-order valence-corrected chi connectivity index (χ4v) is 2.00. The van der Waals surface area contributed by atoms with Gasteiger partial charge in [-0.2, -0.15) is 5.10 Å². The summed E-state index contributed by atoms with van der Waals surface area (Å²) in [6, 6.07) is 0.370. The minimum atomic E-state index is 0. The first-order valence-electron chi connectivity index (χ1n) is 5.61. The van der Waals surface area contributed by atoms with E-state index >= 15 is 0 Å². The van der Waals surface area contributed by atoms with Gasteiger partial charge in [-0.3, -0.25) is 9.48 Å². The average molecular weight is 259 g/mol. The molecule has 0 aromatic carbocycles. The van der Waals surface area contributed by atoms with Gasteiger partial charge in [0.15, 0.2) is 0 Å². The molecule has 1 saturated heterocycles. The van der Waals surface area contributed by atoms with Crippen LogP contribution in [0, 0.1) is 6.92 Å². The number of amides is 1. The molecule has 1 aliphatic rings. The molecule has 0 bridgehead atoms. The maximum absolute atomic E-state index is 12.2. The number of aromatic nitrogens is 2. The van der Waals surface area contributed by atoms with Gasteiger partial charge in [0.1, 0.15) is 0 Å². The monoisotopic (exact) mass is 258 g/mol. The van der Waals surface area contributed by atoms with Crippen LogP contribution in [0.15, 0.2) is 6.20 Å². The predicted octanol–water partition coefficient (Wildman–Crippen LogP) is 0.584. The van der Waals surface area contributed by atoms with Crippen molar-refractivity contribution in [1.29, 1.82) is 0 Å². The van der Waals surface area contributed by atoms with E-state index in [0.29, 0.717) is 6.04 Å². The first kappa shape index (κ1) is 14.0. The largest absolute Gasteiger partial charge is 0.336 e. The molecule has 1 amide bonds. The fourth-order valence-electron chi connectivity index (χ4n) is 2.00. The molecule has 96 valence electrons. The Morgan fingerprint density at radius 3 is 2.82 bits per heavy atom. The van der Waals surface area contributed by atoms with Crippen molar-refractivity contribution in [2.45, 2.75) is 19.9 Å². The van der Waals surface area contributed by atoms with Gasteiger partial charge < -0.3 is 10.2 Å². The molecule has 2 heterocycles. The maximum Gasteiger partial charge on any atom is 0.257 e. The summed E-state index contributed by atoms with van der Waals surface area (Å²) in [7, 11) is 1.85. The van der Waals surface area contributed by atoms with E-state index in [2.05, 4.69) is 17.3 Å². The molecule has 5 nitrogen and oxygen atoms in total. The molecule has 0 unspecified atom stereocenters. The molecule has 0 spiro atoms. The van der Waals surface area contributed by atoms with Gasteiger partial charge in [-0.15, -0.1) is 12.4 Å². The van der Waals surface area contributed by atoms with Crippen LogP contribution in [-0.2, 0) is 7.05 Å². The lowest BCUT2D eigenvalue weighted by molar-refractivity contribution is 0.0708. The fraction of sp³-hybridized carbons (Fsp3) is 0.636. The third-order valence-corrected chi connectivity index (χ3v) is 3.12. The number of nitrogens with zero attached hydrogens (tertiary/aromatic N) is 3. The molecule has 1 fully saturated rings. The summed E-state index contributed by atoms with van der Waals surface area (Å²) in [5.41, 5.74) is 1.65. The highest BCUT2D eigenvalue weighted by atomic mass is 35.5. The molecule has 1 N–H and O–H groups in total. The van der Waals surface area contributed by atoms with Crippen LogP contribution in [0.1, 0.15) is 23.0 Å². The van der Waals surface area contributed by atoms with E-state index in [4.69, 9.17) is 0 Å². The van der Waals surface area contributed by atoms with Gasteiger partial charge in [-0.25, -0.2) is 0 Å². The zero-order valence-electron chi connectivity index (χ0n) is 10.4. The average Bonchev–Trinajstić information content (AvgIpc) is 2.59. The molecule has 6 heteroatoms. The van der Waals surface area contributed by atoms with Crippen LogP contribution in [0.25, 0.3) is 0 Å². The smallest absolute Gasteiger partial charge is 0.257 e. The summed E-state index contributed by atoms with van der Waals surface area (Å²) in [5, 5.41) is 7.43. The van der Waals surface area contributed by atoms with Crippen molar-refractivity contribution in [2.24, 2.45) is 7.05 Å². The second kappa shape index (κ2) is 5.51. The zero-order chi connectivity index (χ0) is 11.7. The van der Waals surface area contributed by atoms with Crippen molar-refractivity contribution in [3.05, 3.63) is 17.5 Å². The number of aryl methyl sites for hydroxylation is 1. The highest BCUT2D eigenvalue weighted by Gasteiger charge is 2.23. The van der Waals surface area contributed by atoms with E-state index in [1.54, 1.807) is 10.9 Å². The quantitative estimate of drug-likeness (QED) is 0.802. The van der Waals surface area contributed by atoms with Gasteiger partial charge in [0.2, 0.25) is 0 Å². The maximum atomic E-state index is 12.2. The Hall–Kier alpha value is -1.07. The number of halogens is 1. The van der Waals surface area contributed by atoms with E-state index in [9.17, 15) is 4.79 Å². The Balaban J connectivity index is 0.00000144. The van der Waals surface area contributed by atoms with Gasteiger partial charge >= 0.3 is 0 Å². The molecular formula is C11H19ClN4O. The van der Waals surface area contributed by atoms with Gasteiger partial charge in [0, 0.05) is 38.4 Å². The van der Waals surface area contributed by atoms with Crippen LogP contribution in [0.5, 0.6) is 0 Å². The van der Waals surface area contributed by atoms with Crippen molar-refractivity contribution in [2.75, 3.05) is 19.6 Å². The molecule has 1 atom stereocenters. The minimum Gasteiger partial charge on any atom is -0.336 e. The summed E-state index contributed by atoms with van der Waals surface area (Å²) in [4.78, 5) is 14.1. The Bertz CT molecular complexity index is 404. The SMILES string of the molecule is Cc1c(C(=O)N2CCN[C@H](C)C2)cnn1C.Cl. The minimum absolute atomic E-state index is 0. The highest BCUT2D eigenvalue weighted by Crippen LogP contribution is 2.11. The van der Waals surface area contributed by atoms with E-state index in [1.807, 2.05) is 18.9 Å². The van der Waals surface area contributed by atoms with Crippen LogP contribution >= 0.6 is 12.4 Å². The molecular weight excluding hydrogens is 240 g/mol. The highest BCUT2D eigenvalue weighted by molar-refractivity contribution is 5.95. The molecule has 2 rings (SSSR count). The lowest BCUT2D eigenvalue weighted by atomic mass is 10.2. The summed E-state index contributed by atoms with van der Waals surface area (Å²) in [6.45, 7) is 6.43. The summed E-state index contributed by atoms with van der Waals surface area (Å²) >= 11 is 0. The van der Waals surface area contributed by atoms with Gasteiger partial charge in [-0.1, -0.05) is 0 Å².